The second-order valence-electron chi connectivity index (χ2n) is 4.31. The first kappa shape index (κ1) is 13.8. The van der Waals surface area contributed by atoms with Gasteiger partial charge in [0.1, 0.15) is 5.75 Å². The van der Waals surface area contributed by atoms with Crippen LogP contribution in [0, 0.1) is 0 Å². The van der Waals surface area contributed by atoms with Crippen LogP contribution in [0.1, 0.15) is 5.56 Å². The van der Waals surface area contributed by atoms with Gasteiger partial charge in [-0.3, -0.25) is 14.7 Å². The van der Waals surface area contributed by atoms with Crippen LogP contribution in [0.2, 0.25) is 0 Å². The summed E-state index contributed by atoms with van der Waals surface area (Å²) in [7, 11) is 0. The molecule has 2 heterocycles. The molecular weight excluding hydrogens is 304 g/mol. The Balaban J connectivity index is 1.92. The lowest BCUT2D eigenvalue weighted by Gasteiger charge is -2.14. The summed E-state index contributed by atoms with van der Waals surface area (Å²) in [6.45, 7) is 0. The number of aromatic hydroxyl groups is 1. The minimum absolute atomic E-state index is 0.150. The number of amides is 1. The van der Waals surface area contributed by atoms with E-state index in [1.54, 1.807) is 30.6 Å². The van der Waals surface area contributed by atoms with Crippen LogP contribution in [-0.4, -0.2) is 20.3 Å². The Hall–Kier alpha value is -2.18. The number of phenols is 1. The molecule has 1 aliphatic heterocycles. The SMILES string of the molecule is O=C1/C(=C\c2ccncc2)SC(=S)N1c1ccc(O)cc1. The number of anilines is 1. The summed E-state index contributed by atoms with van der Waals surface area (Å²) in [4.78, 5) is 18.5. The van der Waals surface area contributed by atoms with Crippen LogP contribution in [-0.2, 0) is 4.79 Å². The van der Waals surface area contributed by atoms with Crippen molar-refractivity contribution in [3.05, 3.63) is 59.3 Å². The molecule has 1 aromatic carbocycles. The van der Waals surface area contributed by atoms with Crippen molar-refractivity contribution >= 4 is 46.0 Å². The molecule has 2 aromatic rings. The topological polar surface area (TPSA) is 53.4 Å². The van der Waals surface area contributed by atoms with Gasteiger partial charge in [-0.15, -0.1) is 0 Å². The van der Waals surface area contributed by atoms with Gasteiger partial charge in [0.05, 0.1) is 10.6 Å². The molecule has 21 heavy (non-hydrogen) atoms. The summed E-state index contributed by atoms with van der Waals surface area (Å²) >= 11 is 6.54. The summed E-state index contributed by atoms with van der Waals surface area (Å²) in [5.41, 5.74) is 1.55. The lowest BCUT2D eigenvalue weighted by atomic mass is 10.2. The zero-order valence-electron chi connectivity index (χ0n) is 10.8. The van der Waals surface area contributed by atoms with Crippen LogP contribution >= 0.6 is 24.0 Å². The van der Waals surface area contributed by atoms with Crippen LogP contribution in [0.3, 0.4) is 0 Å². The summed E-state index contributed by atoms with van der Waals surface area (Å²) in [5, 5.41) is 9.32. The van der Waals surface area contributed by atoms with Crippen molar-refractivity contribution in [2.45, 2.75) is 0 Å². The number of thioether (sulfide) groups is 1. The van der Waals surface area contributed by atoms with Crippen molar-refractivity contribution in [1.82, 2.24) is 4.98 Å². The molecule has 0 aliphatic carbocycles. The fourth-order valence-corrected chi connectivity index (χ4v) is 3.20. The third-order valence-corrected chi connectivity index (χ3v) is 4.21. The molecule has 1 aliphatic rings. The molecule has 0 unspecified atom stereocenters. The molecular formula is C15H10N2O2S2. The van der Waals surface area contributed by atoms with Crippen molar-refractivity contribution in [3.8, 4) is 5.75 Å². The minimum atomic E-state index is -0.160. The van der Waals surface area contributed by atoms with Gasteiger partial charge in [0.15, 0.2) is 4.32 Å². The number of rotatable bonds is 2. The molecule has 6 heteroatoms. The number of carbonyl (C=O) groups is 1. The Morgan fingerprint density at radius 1 is 1.14 bits per heavy atom. The molecule has 1 aromatic heterocycles. The van der Waals surface area contributed by atoms with Gasteiger partial charge in [-0.1, -0.05) is 24.0 Å². The fourth-order valence-electron chi connectivity index (χ4n) is 1.90. The highest BCUT2D eigenvalue weighted by Gasteiger charge is 2.33. The molecule has 104 valence electrons. The number of pyridine rings is 1. The third-order valence-electron chi connectivity index (χ3n) is 2.91. The molecule has 1 N–H and O–H groups in total. The van der Waals surface area contributed by atoms with Crippen molar-refractivity contribution < 1.29 is 9.90 Å². The fraction of sp³-hybridized carbons (Fsp3) is 0. The van der Waals surface area contributed by atoms with Crippen LogP contribution in [0.4, 0.5) is 5.69 Å². The highest BCUT2D eigenvalue weighted by Crippen LogP contribution is 2.36. The van der Waals surface area contributed by atoms with Crippen LogP contribution in [0.25, 0.3) is 6.08 Å². The quantitative estimate of drug-likeness (QED) is 0.681. The van der Waals surface area contributed by atoms with Crippen molar-refractivity contribution in [3.63, 3.8) is 0 Å². The molecule has 0 atom stereocenters. The summed E-state index contributed by atoms with van der Waals surface area (Å²) in [5.74, 6) is -0.0102. The van der Waals surface area contributed by atoms with E-state index in [9.17, 15) is 9.90 Å². The van der Waals surface area contributed by atoms with Gasteiger partial charge in [-0.2, -0.15) is 0 Å². The molecule has 0 bridgehead atoms. The van der Waals surface area contributed by atoms with E-state index >= 15 is 0 Å². The Morgan fingerprint density at radius 3 is 2.48 bits per heavy atom. The number of benzene rings is 1. The van der Waals surface area contributed by atoms with Gasteiger partial charge in [0.25, 0.3) is 5.91 Å². The van der Waals surface area contributed by atoms with Crippen LogP contribution in [0.5, 0.6) is 5.75 Å². The lowest BCUT2D eigenvalue weighted by molar-refractivity contribution is -0.113. The van der Waals surface area contributed by atoms with Crippen molar-refractivity contribution in [1.29, 1.82) is 0 Å². The van der Waals surface area contributed by atoms with Gasteiger partial charge in [-0.25, -0.2) is 0 Å². The first-order valence-corrected chi connectivity index (χ1v) is 7.34. The lowest BCUT2D eigenvalue weighted by Crippen LogP contribution is -2.27. The maximum absolute atomic E-state index is 12.5. The Bertz CT molecular complexity index is 727. The molecule has 1 fully saturated rings. The van der Waals surface area contributed by atoms with Crippen molar-refractivity contribution in [2.24, 2.45) is 0 Å². The molecule has 1 saturated heterocycles. The Labute approximate surface area is 131 Å². The predicted octanol–water partition coefficient (Wildman–Crippen LogP) is 3.19. The number of aromatic nitrogens is 1. The maximum atomic E-state index is 12.5. The smallest absolute Gasteiger partial charge is 0.270 e. The molecule has 0 saturated carbocycles. The molecule has 0 spiro atoms. The number of phenolic OH excluding ortho intramolecular Hbond substituents is 1. The van der Waals surface area contributed by atoms with Gasteiger partial charge < -0.3 is 5.11 Å². The average molecular weight is 314 g/mol. The van der Waals surface area contributed by atoms with Gasteiger partial charge >= 0.3 is 0 Å². The van der Waals surface area contributed by atoms with Gasteiger partial charge in [0, 0.05) is 12.4 Å². The van der Waals surface area contributed by atoms with E-state index in [4.69, 9.17) is 12.2 Å². The second-order valence-corrected chi connectivity index (χ2v) is 5.99. The number of carbonyl (C=O) groups excluding carboxylic acids is 1. The van der Waals surface area contributed by atoms with E-state index in [-0.39, 0.29) is 11.7 Å². The van der Waals surface area contributed by atoms with Gasteiger partial charge in [-0.05, 0) is 48.0 Å². The largest absolute Gasteiger partial charge is 0.508 e. The van der Waals surface area contributed by atoms with E-state index in [1.807, 2.05) is 12.1 Å². The number of hydrogen-bond acceptors (Lipinski definition) is 5. The molecule has 4 nitrogen and oxygen atoms in total. The minimum Gasteiger partial charge on any atom is -0.508 e. The average Bonchev–Trinajstić information content (AvgIpc) is 2.76. The summed E-state index contributed by atoms with van der Waals surface area (Å²) in [6.07, 6.45) is 5.14. The standard InChI is InChI=1S/C15H10N2O2S2/c18-12-3-1-11(2-4-12)17-14(19)13(21-15(17)20)9-10-5-7-16-8-6-10/h1-9,18H/b13-9+. The third kappa shape index (κ3) is 2.81. The van der Waals surface area contributed by atoms with E-state index in [0.29, 0.717) is 14.9 Å². The van der Waals surface area contributed by atoms with Crippen LogP contribution < -0.4 is 4.90 Å². The van der Waals surface area contributed by atoms with Crippen molar-refractivity contribution in [2.75, 3.05) is 4.90 Å². The summed E-state index contributed by atoms with van der Waals surface area (Å²) < 4.78 is 0.478. The Kier molecular flexibility index (Phi) is 3.72. The molecule has 0 radical (unpaired) electrons. The first-order valence-electron chi connectivity index (χ1n) is 6.12. The first-order chi connectivity index (χ1) is 10.1. The van der Waals surface area contributed by atoms with E-state index < -0.39 is 0 Å². The number of hydrogen-bond donors (Lipinski definition) is 1. The zero-order chi connectivity index (χ0) is 14.8. The zero-order valence-corrected chi connectivity index (χ0v) is 12.4. The number of nitrogens with zero attached hydrogens (tertiary/aromatic N) is 2. The van der Waals surface area contributed by atoms with Crippen LogP contribution in [0.15, 0.2) is 53.7 Å². The highest BCUT2D eigenvalue weighted by atomic mass is 32.2. The normalized spacial score (nSPS) is 16.8. The monoisotopic (exact) mass is 314 g/mol. The number of thiocarbonyl (C=S) groups is 1. The molecule has 1 amide bonds. The van der Waals surface area contributed by atoms with E-state index in [2.05, 4.69) is 4.98 Å². The Morgan fingerprint density at radius 2 is 1.81 bits per heavy atom. The maximum Gasteiger partial charge on any atom is 0.270 e. The highest BCUT2D eigenvalue weighted by molar-refractivity contribution is 8.27. The van der Waals surface area contributed by atoms with Gasteiger partial charge in [0.2, 0.25) is 0 Å². The summed E-state index contributed by atoms with van der Waals surface area (Å²) in [6, 6.07) is 10.0. The van der Waals surface area contributed by atoms with E-state index in [0.717, 1.165) is 5.56 Å². The second kappa shape index (κ2) is 5.67. The molecule has 3 rings (SSSR count). The predicted molar refractivity (Wildman–Crippen MR) is 88.0 cm³/mol. The van der Waals surface area contributed by atoms with E-state index in [1.165, 1.54) is 28.8 Å².